The normalized spacial score (nSPS) is 17.1. The molecule has 1 amide bonds. The molecule has 0 aromatic heterocycles. The monoisotopic (exact) mass is 336 g/mol. The van der Waals surface area contributed by atoms with Gasteiger partial charge in [0.25, 0.3) is 5.91 Å². The number of nitrogens with zero attached hydrogens (tertiary/aromatic N) is 1. The number of carbonyl (C=O) groups excluding carboxylic acids is 1. The van der Waals surface area contributed by atoms with E-state index in [4.69, 9.17) is 0 Å². The van der Waals surface area contributed by atoms with E-state index in [-0.39, 0.29) is 5.91 Å². The van der Waals surface area contributed by atoms with Gasteiger partial charge < -0.3 is 15.3 Å². The molecule has 0 bridgehead atoms. The molecule has 4 rings (SSSR count). The lowest BCUT2D eigenvalue weighted by Crippen LogP contribution is -2.55. The van der Waals surface area contributed by atoms with Gasteiger partial charge >= 0.3 is 5.97 Å². The van der Waals surface area contributed by atoms with Crippen LogP contribution in [0.4, 0.5) is 5.69 Å². The van der Waals surface area contributed by atoms with Gasteiger partial charge in [-0.25, -0.2) is 4.79 Å². The molecule has 2 aromatic rings. The molecule has 1 heterocycles. The van der Waals surface area contributed by atoms with Crippen molar-refractivity contribution in [2.24, 2.45) is 0 Å². The van der Waals surface area contributed by atoms with E-state index in [1.807, 2.05) is 43.4 Å². The summed E-state index contributed by atoms with van der Waals surface area (Å²) in [6.07, 6.45) is 1.60. The second-order valence-corrected chi connectivity index (χ2v) is 6.98. The van der Waals surface area contributed by atoms with Gasteiger partial charge in [0, 0.05) is 37.7 Å². The van der Waals surface area contributed by atoms with Gasteiger partial charge in [-0.1, -0.05) is 30.3 Å². The zero-order valence-electron chi connectivity index (χ0n) is 14.1. The van der Waals surface area contributed by atoms with Gasteiger partial charge in [-0.15, -0.1) is 0 Å². The fourth-order valence-corrected chi connectivity index (χ4v) is 3.88. The molecule has 0 fully saturated rings. The van der Waals surface area contributed by atoms with Crippen molar-refractivity contribution in [3.8, 4) is 0 Å². The van der Waals surface area contributed by atoms with Gasteiger partial charge in [0.2, 0.25) is 0 Å². The number of benzene rings is 2. The van der Waals surface area contributed by atoms with Crippen molar-refractivity contribution >= 4 is 17.6 Å². The lowest BCUT2D eigenvalue weighted by molar-refractivity contribution is -0.144. The van der Waals surface area contributed by atoms with Crippen LogP contribution >= 0.6 is 0 Å². The molecule has 0 saturated carbocycles. The highest BCUT2D eigenvalue weighted by Crippen LogP contribution is 2.32. The molecule has 25 heavy (non-hydrogen) atoms. The number of carboxylic acids is 1. The number of hydrogen-bond donors (Lipinski definition) is 2. The summed E-state index contributed by atoms with van der Waals surface area (Å²) in [5, 5.41) is 12.6. The number of carbonyl (C=O) groups is 2. The molecule has 2 aliphatic rings. The van der Waals surface area contributed by atoms with Crippen molar-refractivity contribution in [2.45, 2.75) is 24.8 Å². The maximum Gasteiger partial charge on any atom is 0.330 e. The van der Waals surface area contributed by atoms with E-state index in [2.05, 4.69) is 10.2 Å². The highest BCUT2D eigenvalue weighted by atomic mass is 16.4. The molecule has 2 N–H and O–H groups in total. The lowest BCUT2D eigenvalue weighted by Gasteiger charge is -2.25. The fraction of sp³-hybridized carbons (Fsp3) is 0.300. The predicted molar refractivity (Wildman–Crippen MR) is 95.1 cm³/mol. The first-order valence-electron chi connectivity index (χ1n) is 8.45. The Morgan fingerprint density at radius 1 is 1.08 bits per heavy atom. The number of anilines is 1. The highest BCUT2D eigenvalue weighted by Gasteiger charge is 2.45. The average molecular weight is 336 g/mol. The van der Waals surface area contributed by atoms with Gasteiger partial charge in [-0.05, 0) is 35.2 Å². The smallest absolute Gasteiger partial charge is 0.330 e. The minimum atomic E-state index is -1.27. The minimum Gasteiger partial charge on any atom is -0.479 e. The topological polar surface area (TPSA) is 69.6 Å². The third-order valence-electron chi connectivity index (χ3n) is 5.34. The second-order valence-electron chi connectivity index (χ2n) is 6.98. The summed E-state index contributed by atoms with van der Waals surface area (Å²) >= 11 is 0. The summed E-state index contributed by atoms with van der Waals surface area (Å²) in [5.74, 6) is -1.33. The molecular weight excluding hydrogens is 316 g/mol. The van der Waals surface area contributed by atoms with Crippen molar-refractivity contribution in [3.05, 3.63) is 64.7 Å². The van der Waals surface area contributed by atoms with Crippen LogP contribution in [0.2, 0.25) is 0 Å². The Kier molecular flexibility index (Phi) is 3.53. The van der Waals surface area contributed by atoms with Crippen molar-refractivity contribution in [3.63, 3.8) is 0 Å². The van der Waals surface area contributed by atoms with E-state index >= 15 is 0 Å². The highest BCUT2D eigenvalue weighted by molar-refractivity contribution is 5.99. The van der Waals surface area contributed by atoms with Crippen LogP contribution < -0.4 is 10.2 Å². The molecular formula is C20H20N2O3. The van der Waals surface area contributed by atoms with Crippen molar-refractivity contribution in [1.82, 2.24) is 5.32 Å². The van der Waals surface area contributed by atoms with Crippen LogP contribution in [-0.2, 0) is 24.1 Å². The maximum atomic E-state index is 12.8. The summed E-state index contributed by atoms with van der Waals surface area (Å²) in [5.41, 5.74) is 3.47. The van der Waals surface area contributed by atoms with Crippen molar-refractivity contribution < 1.29 is 14.7 Å². The molecule has 0 radical (unpaired) electrons. The Labute approximate surface area is 146 Å². The van der Waals surface area contributed by atoms with E-state index < -0.39 is 11.5 Å². The second kappa shape index (κ2) is 5.62. The number of carboxylic acid groups (broad SMARTS) is 1. The summed E-state index contributed by atoms with van der Waals surface area (Å²) in [7, 11) is 2.00. The quantitative estimate of drug-likeness (QED) is 0.900. The lowest BCUT2D eigenvalue weighted by atomic mass is 9.95. The molecule has 2 aromatic carbocycles. The predicted octanol–water partition coefficient (Wildman–Crippen LogP) is 2.03. The maximum absolute atomic E-state index is 12.8. The summed E-state index contributed by atoms with van der Waals surface area (Å²) in [6.45, 7) is 0.939. The Balaban J connectivity index is 1.61. The van der Waals surface area contributed by atoms with Gasteiger partial charge in [-0.3, -0.25) is 4.79 Å². The van der Waals surface area contributed by atoms with E-state index in [1.54, 1.807) is 6.07 Å². The Hall–Kier alpha value is -2.82. The number of fused-ring (bicyclic) bond motifs is 2. The third-order valence-corrected chi connectivity index (χ3v) is 5.34. The molecule has 128 valence electrons. The van der Waals surface area contributed by atoms with E-state index in [9.17, 15) is 14.7 Å². The Morgan fingerprint density at radius 3 is 2.40 bits per heavy atom. The summed E-state index contributed by atoms with van der Waals surface area (Å²) in [6, 6.07) is 13.3. The van der Waals surface area contributed by atoms with E-state index in [0.717, 1.165) is 29.8 Å². The largest absolute Gasteiger partial charge is 0.479 e. The van der Waals surface area contributed by atoms with Crippen LogP contribution in [-0.4, -0.2) is 36.1 Å². The first kappa shape index (κ1) is 15.7. The zero-order chi connectivity index (χ0) is 17.6. The first-order valence-corrected chi connectivity index (χ1v) is 8.45. The van der Waals surface area contributed by atoms with E-state index in [0.29, 0.717) is 18.4 Å². The molecule has 0 spiro atoms. The number of amides is 1. The molecule has 5 nitrogen and oxygen atoms in total. The molecule has 1 aliphatic heterocycles. The van der Waals surface area contributed by atoms with Crippen LogP contribution in [0.5, 0.6) is 0 Å². The molecule has 5 heteroatoms. The molecule has 0 saturated heterocycles. The van der Waals surface area contributed by atoms with E-state index in [1.165, 1.54) is 5.56 Å². The summed E-state index contributed by atoms with van der Waals surface area (Å²) in [4.78, 5) is 26.9. The first-order chi connectivity index (χ1) is 12.0. The molecule has 0 atom stereocenters. The zero-order valence-corrected chi connectivity index (χ0v) is 14.1. The van der Waals surface area contributed by atoms with Crippen LogP contribution in [0.3, 0.4) is 0 Å². The van der Waals surface area contributed by atoms with Gasteiger partial charge in [-0.2, -0.15) is 0 Å². The van der Waals surface area contributed by atoms with Gasteiger partial charge in [0.05, 0.1) is 0 Å². The van der Waals surface area contributed by atoms with Crippen LogP contribution in [0, 0.1) is 0 Å². The van der Waals surface area contributed by atoms with Crippen LogP contribution in [0.25, 0.3) is 0 Å². The van der Waals surface area contributed by atoms with Gasteiger partial charge in [0.15, 0.2) is 0 Å². The van der Waals surface area contributed by atoms with Crippen LogP contribution in [0.1, 0.15) is 27.0 Å². The van der Waals surface area contributed by atoms with Crippen molar-refractivity contribution in [1.29, 1.82) is 0 Å². The Morgan fingerprint density at radius 2 is 1.76 bits per heavy atom. The molecule has 1 aliphatic carbocycles. The standard InChI is InChI=1S/C20H20N2O3/c1-22-9-8-13-6-7-14(10-17(13)22)18(23)21-20(19(24)25)11-15-4-2-3-5-16(15)12-20/h2-7,10H,8-9,11-12H2,1H3,(H,21,23)(H,24,25). The number of aliphatic carboxylic acids is 1. The van der Waals surface area contributed by atoms with Gasteiger partial charge in [0.1, 0.15) is 5.54 Å². The molecule has 0 unspecified atom stereocenters. The number of rotatable bonds is 3. The third kappa shape index (κ3) is 2.56. The fourth-order valence-electron chi connectivity index (χ4n) is 3.88. The number of hydrogen-bond acceptors (Lipinski definition) is 3. The number of nitrogens with one attached hydrogen (secondary N) is 1. The van der Waals surface area contributed by atoms with Crippen molar-refractivity contribution in [2.75, 3.05) is 18.5 Å². The Bertz CT molecular complexity index is 850. The SMILES string of the molecule is CN1CCc2ccc(C(=O)NC3(C(=O)O)Cc4ccccc4C3)cc21. The summed E-state index contributed by atoms with van der Waals surface area (Å²) < 4.78 is 0. The number of likely N-dealkylation sites (N-methyl/N-ethyl adjacent to an activating group) is 1. The average Bonchev–Trinajstić information content (AvgIpc) is 3.16. The minimum absolute atomic E-state index is 0.315. The van der Waals surface area contributed by atoms with Crippen LogP contribution in [0.15, 0.2) is 42.5 Å².